The van der Waals surface area contributed by atoms with Gasteiger partial charge in [-0.25, -0.2) is 0 Å². The summed E-state index contributed by atoms with van der Waals surface area (Å²) in [6.07, 6.45) is 3.89. The number of benzene rings is 1. The quantitative estimate of drug-likeness (QED) is 0.901. The van der Waals surface area contributed by atoms with E-state index in [1.54, 1.807) is 0 Å². The Hall–Kier alpha value is -0.380. The van der Waals surface area contributed by atoms with Gasteiger partial charge in [0.15, 0.2) is 0 Å². The van der Waals surface area contributed by atoms with Gasteiger partial charge in [0.2, 0.25) is 0 Å². The summed E-state index contributed by atoms with van der Waals surface area (Å²) in [6.45, 7) is 8.22. The van der Waals surface area contributed by atoms with E-state index in [1.165, 1.54) is 44.5 Å². The first-order valence-electron chi connectivity index (χ1n) is 7.43. The van der Waals surface area contributed by atoms with Crippen molar-refractivity contribution >= 4 is 15.9 Å². The molecule has 2 atom stereocenters. The van der Waals surface area contributed by atoms with Crippen LogP contribution in [0.4, 0.5) is 0 Å². The number of nitrogens with zero attached hydrogens (tertiary/aromatic N) is 1. The van der Waals surface area contributed by atoms with E-state index in [0.29, 0.717) is 12.1 Å². The summed E-state index contributed by atoms with van der Waals surface area (Å²) in [6, 6.07) is 9.70. The average Bonchev–Trinajstić information content (AvgIpc) is 2.64. The molecule has 2 unspecified atom stereocenters. The Kier molecular flexibility index (Phi) is 5.86. The summed E-state index contributed by atoms with van der Waals surface area (Å²) < 4.78 is 1.16. The number of rotatable bonds is 4. The molecule has 1 aromatic carbocycles. The van der Waals surface area contributed by atoms with Crippen LogP contribution in [0.25, 0.3) is 0 Å². The second kappa shape index (κ2) is 7.41. The smallest absolute Gasteiger partial charge is 0.0294 e. The van der Waals surface area contributed by atoms with Gasteiger partial charge in [0.1, 0.15) is 0 Å². The molecule has 19 heavy (non-hydrogen) atoms. The largest absolute Gasteiger partial charge is 0.307 e. The summed E-state index contributed by atoms with van der Waals surface area (Å²) in [7, 11) is 0. The molecule has 1 N–H and O–H groups in total. The maximum Gasteiger partial charge on any atom is 0.0294 e. The van der Waals surface area contributed by atoms with E-state index in [1.807, 2.05) is 0 Å². The third kappa shape index (κ3) is 4.59. The zero-order valence-electron chi connectivity index (χ0n) is 12.0. The molecule has 1 aromatic rings. The van der Waals surface area contributed by atoms with Crippen molar-refractivity contribution in [2.75, 3.05) is 19.6 Å². The lowest BCUT2D eigenvalue weighted by Gasteiger charge is -2.23. The maximum atomic E-state index is 3.80. The molecule has 2 nitrogen and oxygen atoms in total. The molecule has 1 aliphatic rings. The van der Waals surface area contributed by atoms with E-state index in [9.17, 15) is 0 Å². The van der Waals surface area contributed by atoms with Gasteiger partial charge in [0, 0.05) is 16.6 Å². The second-order valence-electron chi connectivity index (χ2n) is 5.51. The lowest BCUT2D eigenvalue weighted by atomic mass is 10.0. The van der Waals surface area contributed by atoms with Crippen molar-refractivity contribution in [3.05, 3.63) is 34.3 Å². The van der Waals surface area contributed by atoms with Crippen LogP contribution in [-0.4, -0.2) is 30.6 Å². The fourth-order valence-corrected chi connectivity index (χ4v) is 3.28. The van der Waals surface area contributed by atoms with Gasteiger partial charge in [-0.3, -0.25) is 0 Å². The van der Waals surface area contributed by atoms with E-state index in [2.05, 4.69) is 64.3 Å². The minimum absolute atomic E-state index is 0.427. The molecular weight excluding hydrogens is 300 g/mol. The molecular formula is C16H25BrN2. The molecule has 0 spiro atoms. The summed E-state index contributed by atoms with van der Waals surface area (Å²) in [5.41, 5.74) is 1.37. The molecule has 0 radical (unpaired) electrons. The first-order chi connectivity index (χ1) is 9.19. The molecule has 0 saturated carbocycles. The highest BCUT2D eigenvalue weighted by atomic mass is 79.9. The van der Waals surface area contributed by atoms with E-state index in [0.717, 1.165) is 4.47 Å². The Bertz CT molecular complexity index is 394. The zero-order chi connectivity index (χ0) is 13.7. The van der Waals surface area contributed by atoms with Crippen molar-refractivity contribution in [1.29, 1.82) is 0 Å². The van der Waals surface area contributed by atoms with Crippen LogP contribution in [-0.2, 0) is 0 Å². The SMILES string of the molecule is CCN1CCCC(NC(C)c2cccc(Br)c2)CC1. The number of hydrogen-bond donors (Lipinski definition) is 1. The lowest BCUT2D eigenvalue weighted by Crippen LogP contribution is -2.33. The van der Waals surface area contributed by atoms with Crippen LogP contribution in [0.2, 0.25) is 0 Å². The molecule has 0 aromatic heterocycles. The minimum atomic E-state index is 0.427. The van der Waals surface area contributed by atoms with Gasteiger partial charge in [0.05, 0.1) is 0 Å². The number of nitrogens with one attached hydrogen (secondary N) is 1. The topological polar surface area (TPSA) is 15.3 Å². The number of likely N-dealkylation sites (tertiary alicyclic amines) is 1. The molecule has 1 saturated heterocycles. The predicted molar refractivity (Wildman–Crippen MR) is 85.4 cm³/mol. The second-order valence-corrected chi connectivity index (χ2v) is 6.42. The van der Waals surface area contributed by atoms with E-state index < -0.39 is 0 Å². The van der Waals surface area contributed by atoms with Crippen molar-refractivity contribution < 1.29 is 0 Å². The van der Waals surface area contributed by atoms with Gasteiger partial charge < -0.3 is 10.2 Å². The molecule has 106 valence electrons. The van der Waals surface area contributed by atoms with Crippen molar-refractivity contribution in [3.63, 3.8) is 0 Å². The van der Waals surface area contributed by atoms with Gasteiger partial charge in [-0.15, -0.1) is 0 Å². The van der Waals surface area contributed by atoms with Crippen molar-refractivity contribution in [1.82, 2.24) is 10.2 Å². The Morgan fingerprint density at radius 3 is 2.95 bits per heavy atom. The van der Waals surface area contributed by atoms with Gasteiger partial charge >= 0.3 is 0 Å². The average molecular weight is 325 g/mol. The van der Waals surface area contributed by atoms with Crippen LogP contribution in [0.1, 0.15) is 44.7 Å². The first-order valence-corrected chi connectivity index (χ1v) is 8.22. The number of hydrogen-bond acceptors (Lipinski definition) is 2. The normalized spacial score (nSPS) is 23.0. The Morgan fingerprint density at radius 2 is 2.21 bits per heavy atom. The van der Waals surface area contributed by atoms with E-state index >= 15 is 0 Å². The van der Waals surface area contributed by atoms with Crippen LogP contribution < -0.4 is 5.32 Å². The summed E-state index contributed by atoms with van der Waals surface area (Å²) in [4.78, 5) is 2.56. The third-order valence-electron chi connectivity index (χ3n) is 4.10. The van der Waals surface area contributed by atoms with Gasteiger partial charge in [0.25, 0.3) is 0 Å². The molecule has 0 amide bonds. The highest BCUT2D eigenvalue weighted by molar-refractivity contribution is 9.10. The lowest BCUT2D eigenvalue weighted by molar-refractivity contribution is 0.295. The summed E-state index contributed by atoms with van der Waals surface area (Å²) >= 11 is 3.55. The van der Waals surface area contributed by atoms with Crippen LogP contribution >= 0.6 is 15.9 Å². The Morgan fingerprint density at radius 1 is 1.37 bits per heavy atom. The third-order valence-corrected chi connectivity index (χ3v) is 4.60. The molecule has 1 aliphatic heterocycles. The predicted octanol–water partition coefficient (Wildman–Crippen LogP) is 3.97. The first kappa shape index (κ1) is 15.0. The Balaban J connectivity index is 1.90. The highest BCUT2D eigenvalue weighted by Gasteiger charge is 2.18. The zero-order valence-corrected chi connectivity index (χ0v) is 13.6. The van der Waals surface area contributed by atoms with Gasteiger partial charge in [-0.1, -0.05) is 35.0 Å². The van der Waals surface area contributed by atoms with Crippen molar-refractivity contribution in [2.24, 2.45) is 0 Å². The fourth-order valence-electron chi connectivity index (χ4n) is 2.86. The molecule has 0 bridgehead atoms. The Labute approximate surface area is 125 Å². The van der Waals surface area contributed by atoms with Crippen molar-refractivity contribution in [2.45, 2.75) is 45.2 Å². The monoisotopic (exact) mass is 324 g/mol. The van der Waals surface area contributed by atoms with E-state index in [4.69, 9.17) is 0 Å². The maximum absolute atomic E-state index is 3.80. The molecule has 1 fully saturated rings. The highest BCUT2D eigenvalue weighted by Crippen LogP contribution is 2.20. The van der Waals surface area contributed by atoms with Gasteiger partial charge in [-0.2, -0.15) is 0 Å². The summed E-state index contributed by atoms with van der Waals surface area (Å²) in [5.74, 6) is 0. The standard InChI is InChI=1S/C16H25BrN2/c1-3-19-10-5-8-16(9-11-19)18-13(2)14-6-4-7-15(17)12-14/h4,6-7,12-13,16,18H,3,5,8-11H2,1-2H3. The summed E-state index contributed by atoms with van der Waals surface area (Å²) in [5, 5.41) is 3.80. The molecule has 3 heteroatoms. The van der Waals surface area contributed by atoms with Crippen LogP contribution in [0.3, 0.4) is 0 Å². The van der Waals surface area contributed by atoms with Gasteiger partial charge in [-0.05, 0) is 63.5 Å². The number of halogens is 1. The van der Waals surface area contributed by atoms with E-state index in [-0.39, 0.29) is 0 Å². The van der Waals surface area contributed by atoms with Crippen LogP contribution in [0.15, 0.2) is 28.7 Å². The van der Waals surface area contributed by atoms with Crippen molar-refractivity contribution in [3.8, 4) is 0 Å². The molecule has 2 rings (SSSR count). The molecule has 0 aliphatic carbocycles. The fraction of sp³-hybridized carbons (Fsp3) is 0.625. The van der Waals surface area contributed by atoms with Crippen LogP contribution in [0, 0.1) is 0 Å². The molecule has 1 heterocycles. The minimum Gasteiger partial charge on any atom is -0.307 e. The van der Waals surface area contributed by atoms with Crippen LogP contribution in [0.5, 0.6) is 0 Å².